The Balaban J connectivity index is 2.09. The van der Waals surface area contributed by atoms with E-state index in [1.165, 1.54) is 56.1 Å². The van der Waals surface area contributed by atoms with Crippen LogP contribution in [0.1, 0.15) is 63.0 Å². The Kier molecular flexibility index (Phi) is 3.32. The maximum absolute atomic E-state index is 9.92. The van der Waals surface area contributed by atoms with Gasteiger partial charge in [0.15, 0.2) is 0 Å². The van der Waals surface area contributed by atoms with Gasteiger partial charge in [-0.1, -0.05) is 38.7 Å². The van der Waals surface area contributed by atoms with E-state index < -0.39 is 0 Å². The van der Waals surface area contributed by atoms with E-state index in [1.807, 2.05) is 6.07 Å². The van der Waals surface area contributed by atoms with Gasteiger partial charge < -0.3 is 5.11 Å². The van der Waals surface area contributed by atoms with Crippen LogP contribution in [0.3, 0.4) is 0 Å². The highest BCUT2D eigenvalue weighted by molar-refractivity contribution is 5.41. The molecule has 0 bridgehead atoms. The lowest BCUT2D eigenvalue weighted by Crippen LogP contribution is -2.44. The molecular weight excluding hydrogens is 232 g/mol. The average molecular weight is 258 g/mol. The first-order valence-electron chi connectivity index (χ1n) is 7.93. The van der Waals surface area contributed by atoms with Crippen molar-refractivity contribution in [3.05, 3.63) is 29.3 Å². The smallest absolute Gasteiger partial charge is 0.115 e. The van der Waals surface area contributed by atoms with Crippen LogP contribution in [0.25, 0.3) is 0 Å². The number of phenolic OH excluding ortho intramolecular Hbond substituents is 1. The topological polar surface area (TPSA) is 20.2 Å². The van der Waals surface area contributed by atoms with Crippen molar-refractivity contribution < 1.29 is 5.11 Å². The van der Waals surface area contributed by atoms with Gasteiger partial charge >= 0.3 is 0 Å². The molecule has 3 rings (SSSR count). The van der Waals surface area contributed by atoms with Crippen LogP contribution in [0.5, 0.6) is 5.75 Å². The molecule has 2 aliphatic rings. The van der Waals surface area contributed by atoms with Crippen molar-refractivity contribution in [1.82, 2.24) is 0 Å². The van der Waals surface area contributed by atoms with Gasteiger partial charge in [-0.15, -0.1) is 0 Å². The largest absolute Gasteiger partial charge is 0.508 e. The second-order valence-corrected chi connectivity index (χ2v) is 6.88. The predicted octanol–water partition coefficient (Wildman–Crippen LogP) is 4.95. The van der Waals surface area contributed by atoms with Gasteiger partial charge in [-0.05, 0) is 66.7 Å². The van der Waals surface area contributed by atoms with E-state index in [9.17, 15) is 5.11 Å². The Morgan fingerprint density at radius 2 is 1.89 bits per heavy atom. The van der Waals surface area contributed by atoms with Crippen molar-refractivity contribution in [2.24, 2.45) is 11.8 Å². The third-order valence-corrected chi connectivity index (χ3v) is 5.82. The molecule has 2 aliphatic carbocycles. The molecule has 0 saturated heterocycles. The molecule has 3 atom stereocenters. The quantitative estimate of drug-likeness (QED) is 0.755. The number of hydrogen-bond donors (Lipinski definition) is 1. The van der Waals surface area contributed by atoms with E-state index in [-0.39, 0.29) is 0 Å². The van der Waals surface area contributed by atoms with Gasteiger partial charge in [-0.3, -0.25) is 0 Å². The fourth-order valence-electron chi connectivity index (χ4n) is 4.96. The van der Waals surface area contributed by atoms with Gasteiger partial charge in [0.25, 0.3) is 0 Å². The normalized spacial score (nSPS) is 34.8. The van der Waals surface area contributed by atoms with Gasteiger partial charge in [0.05, 0.1) is 0 Å². The van der Waals surface area contributed by atoms with Gasteiger partial charge in [0.2, 0.25) is 0 Å². The second-order valence-electron chi connectivity index (χ2n) is 6.88. The highest BCUT2D eigenvalue weighted by Crippen LogP contribution is 2.55. The summed E-state index contributed by atoms with van der Waals surface area (Å²) in [6.45, 7) is 4.66. The third kappa shape index (κ3) is 2.07. The van der Waals surface area contributed by atoms with Crippen LogP contribution in [0, 0.1) is 18.8 Å². The zero-order valence-electron chi connectivity index (χ0n) is 12.3. The molecular formula is C18H26O. The minimum Gasteiger partial charge on any atom is -0.508 e. The summed E-state index contributed by atoms with van der Waals surface area (Å²) in [5.74, 6) is 2.11. The second kappa shape index (κ2) is 4.85. The van der Waals surface area contributed by atoms with E-state index >= 15 is 0 Å². The summed E-state index contributed by atoms with van der Waals surface area (Å²) in [5.41, 5.74) is 3.18. The number of phenols is 1. The molecule has 0 radical (unpaired) electrons. The van der Waals surface area contributed by atoms with Crippen LogP contribution in [0.4, 0.5) is 0 Å². The molecule has 0 aliphatic heterocycles. The zero-order chi connectivity index (χ0) is 13.5. The highest BCUT2D eigenvalue weighted by Gasteiger charge is 2.46. The van der Waals surface area contributed by atoms with Crippen LogP contribution in [-0.2, 0) is 5.41 Å². The lowest BCUT2D eigenvalue weighted by Gasteiger charge is -2.51. The molecule has 1 heteroatoms. The fraction of sp³-hybridized carbons (Fsp3) is 0.667. The van der Waals surface area contributed by atoms with Crippen LogP contribution in [0.2, 0.25) is 0 Å². The minimum atomic E-state index is 0.360. The van der Waals surface area contributed by atoms with Crippen molar-refractivity contribution >= 4 is 0 Å². The third-order valence-electron chi connectivity index (χ3n) is 5.82. The first kappa shape index (κ1) is 13.0. The fourth-order valence-corrected chi connectivity index (χ4v) is 4.96. The number of rotatable bonds is 1. The summed E-state index contributed by atoms with van der Waals surface area (Å²) >= 11 is 0. The summed E-state index contributed by atoms with van der Waals surface area (Å²) in [5, 5.41) is 9.92. The van der Waals surface area contributed by atoms with Crippen molar-refractivity contribution in [3.8, 4) is 5.75 Å². The summed E-state index contributed by atoms with van der Waals surface area (Å²) < 4.78 is 0. The van der Waals surface area contributed by atoms with Gasteiger partial charge in [-0.25, -0.2) is 0 Å². The van der Waals surface area contributed by atoms with Crippen molar-refractivity contribution in [1.29, 1.82) is 0 Å². The van der Waals surface area contributed by atoms with Gasteiger partial charge in [-0.2, -0.15) is 0 Å². The standard InChI is InChI=1S/C18H26O/c1-13-6-5-11-18(10-4-3-7-16(13)18)17-12-15(19)9-8-14(17)2/h8-9,12-13,16,19H,3-7,10-11H2,1-2H3. The van der Waals surface area contributed by atoms with Gasteiger partial charge in [0.1, 0.15) is 5.75 Å². The first-order chi connectivity index (χ1) is 9.13. The van der Waals surface area contributed by atoms with E-state index in [0.717, 1.165) is 11.8 Å². The molecule has 19 heavy (non-hydrogen) atoms. The molecule has 0 aromatic heterocycles. The maximum Gasteiger partial charge on any atom is 0.115 e. The first-order valence-corrected chi connectivity index (χ1v) is 7.93. The number of fused-ring (bicyclic) bond motifs is 1. The molecule has 2 saturated carbocycles. The number of aryl methyl sites for hydroxylation is 1. The van der Waals surface area contributed by atoms with Crippen LogP contribution < -0.4 is 0 Å². The number of hydrogen-bond acceptors (Lipinski definition) is 1. The highest BCUT2D eigenvalue weighted by atomic mass is 16.3. The van der Waals surface area contributed by atoms with Crippen molar-refractivity contribution in [3.63, 3.8) is 0 Å². The molecule has 0 spiro atoms. The van der Waals surface area contributed by atoms with E-state index in [2.05, 4.69) is 26.0 Å². The SMILES string of the molecule is Cc1ccc(O)cc1C12CCCCC1C(C)CCC2. The molecule has 0 heterocycles. The molecule has 1 aromatic carbocycles. The Morgan fingerprint density at radius 1 is 1.11 bits per heavy atom. The maximum atomic E-state index is 9.92. The number of benzene rings is 1. The summed E-state index contributed by atoms with van der Waals surface area (Å²) in [7, 11) is 0. The van der Waals surface area contributed by atoms with E-state index in [0.29, 0.717) is 11.2 Å². The molecule has 1 nitrogen and oxygen atoms in total. The van der Waals surface area contributed by atoms with Gasteiger partial charge in [0, 0.05) is 0 Å². The Bertz CT molecular complexity index is 461. The van der Waals surface area contributed by atoms with Crippen LogP contribution in [0.15, 0.2) is 18.2 Å². The number of aromatic hydroxyl groups is 1. The Morgan fingerprint density at radius 3 is 2.74 bits per heavy atom. The van der Waals surface area contributed by atoms with Crippen LogP contribution >= 0.6 is 0 Å². The zero-order valence-corrected chi connectivity index (χ0v) is 12.3. The Hall–Kier alpha value is -0.980. The summed E-state index contributed by atoms with van der Waals surface area (Å²) in [6, 6.07) is 6.00. The molecule has 104 valence electrons. The minimum absolute atomic E-state index is 0.360. The van der Waals surface area contributed by atoms with Crippen molar-refractivity contribution in [2.75, 3.05) is 0 Å². The average Bonchev–Trinajstić information content (AvgIpc) is 2.42. The Labute approximate surface area is 117 Å². The lowest BCUT2D eigenvalue weighted by molar-refractivity contribution is 0.0745. The van der Waals surface area contributed by atoms with E-state index in [4.69, 9.17) is 0 Å². The molecule has 3 unspecified atom stereocenters. The summed E-state index contributed by atoms with van der Waals surface area (Å²) in [6.07, 6.45) is 9.54. The molecule has 1 N–H and O–H groups in total. The lowest BCUT2D eigenvalue weighted by atomic mass is 9.53. The molecule has 1 aromatic rings. The van der Waals surface area contributed by atoms with Crippen molar-refractivity contribution in [2.45, 2.75) is 64.2 Å². The predicted molar refractivity (Wildman–Crippen MR) is 79.5 cm³/mol. The van der Waals surface area contributed by atoms with E-state index in [1.54, 1.807) is 0 Å². The van der Waals surface area contributed by atoms with Crippen LogP contribution in [-0.4, -0.2) is 5.11 Å². The monoisotopic (exact) mass is 258 g/mol. The molecule has 0 amide bonds. The summed E-state index contributed by atoms with van der Waals surface area (Å²) in [4.78, 5) is 0. The molecule has 2 fully saturated rings.